The Morgan fingerprint density at radius 2 is 2.03 bits per heavy atom. The standard InChI is InChI=1S/C22H22BrN3O3/c1-2-29-21(28)18-19(15-8-5-9-17(23)12-15)24-22(25-20(18)27)26-11-10-14-6-3-4-7-16(14)13-26/h3-9,12,18-19H,2,10-11,13H2,1H3,(H,24,25,27)/t18-,19+/m0/s1. The largest absolute Gasteiger partial charge is 0.465 e. The van der Waals surface area contributed by atoms with Gasteiger partial charge in [-0.25, -0.2) is 4.99 Å². The van der Waals surface area contributed by atoms with E-state index in [1.165, 1.54) is 11.1 Å². The Labute approximate surface area is 178 Å². The summed E-state index contributed by atoms with van der Waals surface area (Å²) in [4.78, 5) is 32.4. The maximum Gasteiger partial charge on any atom is 0.321 e. The first-order valence-electron chi connectivity index (χ1n) is 9.69. The molecule has 1 N–H and O–H groups in total. The number of carbonyl (C=O) groups excluding carboxylic acids is 2. The van der Waals surface area contributed by atoms with Gasteiger partial charge in [-0.05, 0) is 42.2 Å². The van der Waals surface area contributed by atoms with Crippen LogP contribution in [0.3, 0.4) is 0 Å². The lowest BCUT2D eigenvalue weighted by molar-refractivity contribution is -0.153. The van der Waals surface area contributed by atoms with Crippen LogP contribution in [0.2, 0.25) is 0 Å². The zero-order chi connectivity index (χ0) is 20.4. The number of esters is 1. The molecular formula is C22H22BrN3O3. The fourth-order valence-corrected chi connectivity index (χ4v) is 4.25. The fraction of sp³-hybridized carbons (Fsp3) is 0.318. The molecule has 2 aliphatic heterocycles. The number of rotatable bonds is 3. The van der Waals surface area contributed by atoms with Crippen LogP contribution in [0, 0.1) is 5.92 Å². The third-order valence-corrected chi connectivity index (χ3v) is 5.75. The van der Waals surface area contributed by atoms with Crippen molar-refractivity contribution in [3.8, 4) is 0 Å². The molecule has 0 spiro atoms. The summed E-state index contributed by atoms with van der Waals surface area (Å²) in [5, 5.41) is 2.85. The van der Waals surface area contributed by atoms with Gasteiger partial charge in [0.15, 0.2) is 5.92 Å². The van der Waals surface area contributed by atoms with E-state index < -0.39 is 17.9 Å². The Kier molecular flexibility index (Phi) is 5.67. The van der Waals surface area contributed by atoms with Crippen molar-refractivity contribution in [2.75, 3.05) is 13.2 Å². The summed E-state index contributed by atoms with van der Waals surface area (Å²) in [5.41, 5.74) is 3.34. The van der Waals surface area contributed by atoms with Gasteiger partial charge >= 0.3 is 5.97 Å². The number of nitrogens with zero attached hydrogens (tertiary/aromatic N) is 2. The second-order valence-corrected chi connectivity index (χ2v) is 8.03. The van der Waals surface area contributed by atoms with Gasteiger partial charge in [-0.3, -0.25) is 14.9 Å². The van der Waals surface area contributed by atoms with Gasteiger partial charge in [-0.15, -0.1) is 0 Å². The van der Waals surface area contributed by atoms with E-state index in [4.69, 9.17) is 9.73 Å². The van der Waals surface area contributed by atoms with Crippen LogP contribution >= 0.6 is 15.9 Å². The average molecular weight is 456 g/mol. The second-order valence-electron chi connectivity index (χ2n) is 7.11. The topological polar surface area (TPSA) is 71.0 Å². The summed E-state index contributed by atoms with van der Waals surface area (Å²) in [7, 11) is 0. The van der Waals surface area contributed by atoms with E-state index in [9.17, 15) is 9.59 Å². The Hall–Kier alpha value is -2.67. The third-order valence-electron chi connectivity index (χ3n) is 5.26. The highest BCUT2D eigenvalue weighted by Gasteiger charge is 2.42. The minimum atomic E-state index is -1.01. The molecule has 2 aromatic rings. The first kappa shape index (κ1) is 19.6. The molecule has 0 saturated carbocycles. The molecule has 7 heteroatoms. The van der Waals surface area contributed by atoms with E-state index in [-0.39, 0.29) is 12.5 Å². The second kappa shape index (κ2) is 8.37. The molecule has 6 nitrogen and oxygen atoms in total. The smallest absolute Gasteiger partial charge is 0.321 e. The fourth-order valence-electron chi connectivity index (χ4n) is 3.83. The van der Waals surface area contributed by atoms with Crippen LogP contribution in [0.4, 0.5) is 0 Å². The zero-order valence-corrected chi connectivity index (χ0v) is 17.7. The van der Waals surface area contributed by atoms with Gasteiger partial charge in [0, 0.05) is 17.6 Å². The van der Waals surface area contributed by atoms with Crippen molar-refractivity contribution in [2.24, 2.45) is 10.9 Å². The van der Waals surface area contributed by atoms with Crippen molar-refractivity contribution < 1.29 is 14.3 Å². The van der Waals surface area contributed by atoms with Gasteiger partial charge < -0.3 is 9.64 Å². The predicted octanol–water partition coefficient (Wildman–Crippen LogP) is 3.21. The number of nitrogens with one attached hydrogen (secondary N) is 1. The van der Waals surface area contributed by atoms with Gasteiger partial charge in [-0.2, -0.15) is 0 Å². The van der Waals surface area contributed by atoms with Crippen molar-refractivity contribution in [3.63, 3.8) is 0 Å². The van der Waals surface area contributed by atoms with Crippen LogP contribution in [0.25, 0.3) is 0 Å². The Morgan fingerprint density at radius 3 is 2.79 bits per heavy atom. The molecule has 0 bridgehead atoms. The Morgan fingerprint density at radius 1 is 1.24 bits per heavy atom. The normalized spacial score (nSPS) is 21.1. The number of fused-ring (bicyclic) bond motifs is 1. The number of amides is 1. The molecule has 2 aromatic carbocycles. The molecule has 2 heterocycles. The number of guanidine groups is 1. The molecule has 2 atom stereocenters. The van der Waals surface area contributed by atoms with Gasteiger partial charge in [0.2, 0.25) is 11.9 Å². The molecule has 0 aromatic heterocycles. The van der Waals surface area contributed by atoms with Crippen LogP contribution in [-0.2, 0) is 27.3 Å². The van der Waals surface area contributed by atoms with E-state index >= 15 is 0 Å². The first-order chi connectivity index (χ1) is 14.1. The summed E-state index contributed by atoms with van der Waals surface area (Å²) >= 11 is 3.47. The highest BCUT2D eigenvalue weighted by atomic mass is 79.9. The molecule has 0 aliphatic carbocycles. The summed E-state index contributed by atoms with van der Waals surface area (Å²) in [5.74, 6) is -1.43. The number of carbonyl (C=O) groups is 2. The molecule has 0 unspecified atom stereocenters. The summed E-state index contributed by atoms with van der Waals surface area (Å²) in [6, 6.07) is 15.2. The molecule has 1 amide bonds. The number of benzene rings is 2. The maximum atomic E-state index is 12.9. The lowest BCUT2D eigenvalue weighted by Crippen LogP contribution is -2.53. The van der Waals surface area contributed by atoms with Crippen LogP contribution < -0.4 is 5.32 Å². The lowest BCUT2D eigenvalue weighted by atomic mass is 9.91. The average Bonchev–Trinajstić information content (AvgIpc) is 2.73. The van der Waals surface area contributed by atoms with Gasteiger partial charge in [-0.1, -0.05) is 52.3 Å². The first-order valence-corrected chi connectivity index (χ1v) is 10.5. The van der Waals surface area contributed by atoms with E-state index in [2.05, 4.69) is 38.3 Å². The number of aliphatic imine (C=N–C) groups is 1. The molecule has 0 fully saturated rings. The molecule has 0 saturated heterocycles. The minimum absolute atomic E-state index is 0.216. The SMILES string of the molecule is CCOC(=O)[C@@H]1C(=O)NC(N2CCc3ccccc3C2)=N[C@@H]1c1cccc(Br)c1. The summed E-state index contributed by atoms with van der Waals surface area (Å²) in [6.07, 6.45) is 0.883. The summed E-state index contributed by atoms with van der Waals surface area (Å²) < 4.78 is 6.03. The Balaban J connectivity index is 1.69. The number of hydrogen-bond acceptors (Lipinski definition) is 5. The van der Waals surface area contributed by atoms with E-state index in [1.807, 2.05) is 36.4 Å². The zero-order valence-electron chi connectivity index (χ0n) is 16.1. The quantitative estimate of drug-likeness (QED) is 0.569. The Bertz CT molecular complexity index is 975. The third kappa shape index (κ3) is 4.05. The molecule has 4 rings (SSSR count). The van der Waals surface area contributed by atoms with Crippen molar-refractivity contribution >= 4 is 33.8 Å². The van der Waals surface area contributed by atoms with Crippen molar-refractivity contribution in [1.29, 1.82) is 0 Å². The monoisotopic (exact) mass is 455 g/mol. The predicted molar refractivity (Wildman–Crippen MR) is 113 cm³/mol. The molecule has 2 aliphatic rings. The van der Waals surface area contributed by atoms with Crippen molar-refractivity contribution in [1.82, 2.24) is 10.2 Å². The van der Waals surface area contributed by atoms with Crippen LogP contribution in [0.5, 0.6) is 0 Å². The van der Waals surface area contributed by atoms with Crippen LogP contribution in [0.15, 0.2) is 58.0 Å². The van der Waals surface area contributed by atoms with Crippen molar-refractivity contribution in [2.45, 2.75) is 25.9 Å². The highest BCUT2D eigenvalue weighted by Crippen LogP contribution is 2.33. The van der Waals surface area contributed by atoms with Crippen molar-refractivity contribution in [3.05, 3.63) is 69.7 Å². The summed E-state index contributed by atoms with van der Waals surface area (Å²) in [6.45, 7) is 3.37. The number of ether oxygens (including phenoxy) is 1. The number of hydrogen-bond donors (Lipinski definition) is 1. The molecule has 0 radical (unpaired) electrons. The van der Waals surface area contributed by atoms with Gasteiger partial charge in [0.1, 0.15) is 6.04 Å². The van der Waals surface area contributed by atoms with Gasteiger partial charge in [0.25, 0.3) is 0 Å². The van der Waals surface area contributed by atoms with Crippen LogP contribution in [-0.4, -0.2) is 35.9 Å². The minimum Gasteiger partial charge on any atom is -0.465 e. The molecule has 150 valence electrons. The number of halogens is 1. The lowest BCUT2D eigenvalue weighted by Gasteiger charge is -2.36. The molecule has 29 heavy (non-hydrogen) atoms. The van der Waals surface area contributed by atoms with Crippen LogP contribution in [0.1, 0.15) is 29.7 Å². The van der Waals surface area contributed by atoms with E-state index in [1.54, 1.807) is 6.92 Å². The maximum absolute atomic E-state index is 12.9. The van der Waals surface area contributed by atoms with Gasteiger partial charge in [0.05, 0.1) is 6.61 Å². The highest BCUT2D eigenvalue weighted by molar-refractivity contribution is 9.10. The van der Waals surface area contributed by atoms with E-state index in [0.29, 0.717) is 12.5 Å². The molecular weight excluding hydrogens is 434 g/mol. The van der Waals surface area contributed by atoms with E-state index in [0.717, 1.165) is 23.0 Å².